The fourth-order valence-electron chi connectivity index (χ4n) is 2.80. The minimum absolute atomic E-state index is 0.609. The van der Waals surface area contributed by atoms with Gasteiger partial charge >= 0.3 is 0 Å². The van der Waals surface area contributed by atoms with Crippen LogP contribution in [0.2, 0.25) is 0 Å². The highest BCUT2D eigenvalue weighted by atomic mass is 16.5. The molecule has 1 aromatic carbocycles. The maximum Gasteiger partial charge on any atom is 0.193 e. The van der Waals surface area contributed by atoms with Crippen molar-refractivity contribution in [3.8, 4) is 5.75 Å². The summed E-state index contributed by atoms with van der Waals surface area (Å²) in [6, 6.07) is 8.13. The average molecular weight is 305 g/mol. The van der Waals surface area contributed by atoms with E-state index in [1.807, 2.05) is 25.2 Å². The number of benzene rings is 1. The smallest absolute Gasteiger partial charge is 0.193 e. The summed E-state index contributed by atoms with van der Waals surface area (Å²) in [5, 5.41) is 3.42. The molecule has 22 heavy (non-hydrogen) atoms. The van der Waals surface area contributed by atoms with E-state index >= 15 is 0 Å². The lowest BCUT2D eigenvalue weighted by Crippen LogP contribution is -2.42. The molecule has 0 bridgehead atoms. The van der Waals surface area contributed by atoms with Crippen molar-refractivity contribution in [1.82, 2.24) is 10.2 Å². The number of nitrogens with one attached hydrogen (secondary N) is 1. The Hall–Kier alpha value is -1.75. The predicted molar refractivity (Wildman–Crippen MR) is 89.6 cm³/mol. The number of guanidine groups is 1. The molecule has 1 aromatic rings. The van der Waals surface area contributed by atoms with Crippen LogP contribution in [0.25, 0.3) is 0 Å². The molecule has 1 unspecified atom stereocenters. The van der Waals surface area contributed by atoms with Gasteiger partial charge in [0.1, 0.15) is 5.75 Å². The Morgan fingerprint density at radius 2 is 2.27 bits per heavy atom. The fraction of sp³-hybridized carbons (Fsp3) is 0.588. The van der Waals surface area contributed by atoms with E-state index in [9.17, 15) is 0 Å². The highest BCUT2D eigenvalue weighted by molar-refractivity contribution is 5.79. The van der Waals surface area contributed by atoms with Gasteiger partial charge in [-0.25, -0.2) is 0 Å². The maximum absolute atomic E-state index is 5.44. The number of rotatable bonds is 6. The zero-order valence-electron chi connectivity index (χ0n) is 13.8. The van der Waals surface area contributed by atoms with E-state index in [1.165, 1.54) is 5.56 Å². The SMILES string of the molecule is CN=C(NCCc1ccccc1OC)N(C)CC1CCOC1. The summed E-state index contributed by atoms with van der Waals surface area (Å²) in [4.78, 5) is 6.55. The molecule has 5 nitrogen and oxygen atoms in total. The second kappa shape index (κ2) is 8.63. The number of nitrogens with zero attached hydrogens (tertiary/aromatic N) is 2. The molecule has 2 rings (SSSR count). The third-order valence-electron chi connectivity index (χ3n) is 4.00. The third kappa shape index (κ3) is 4.63. The van der Waals surface area contributed by atoms with E-state index in [4.69, 9.17) is 9.47 Å². The van der Waals surface area contributed by atoms with Crippen LogP contribution in [0.15, 0.2) is 29.3 Å². The quantitative estimate of drug-likeness (QED) is 0.643. The number of para-hydroxylation sites is 1. The molecule has 0 aliphatic carbocycles. The summed E-state index contributed by atoms with van der Waals surface area (Å²) in [7, 11) is 5.62. The van der Waals surface area contributed by atoms with Crippen LogP contribution in [0, 0.1) is 5.92 Å². The van der Waals surface area contributed by atoms with E-state index in [0.29, 0.717) is 5.92 Å². The van der Waals surface area contributed by atoms with Crippen molar-refractivity contribution in [3.63, 3.8) is 0 Å². The van der Waals surface area contributed by atoms with Crippen molar-refractivity contribution >= 4 is 5.96 Å². The zero-order chi connectivity index (χ0) is 15.8. The van der Waals surface area contributed by atoms with Gasteiger partial charge in [0, 0.05) is 39.7 Å². The normalized spacial score (nSPS) is 18.3. The van der Waals surface area contributed by atoms with Gasteiger partial charge in [-0.2, -0.15) is 0 Å². The Kier molecular flexibility index (Phi) is 6.52. The van der Waals surface area contributed by atoms with Gasteiger partial charge in [0.15, 0.2) is 5.96 Å². The molecule has 0 spiro atoms. The van der Waals surface area contributed by atoms with Crippen LogP contribution in [0.5, 0.6) is 5.75 Å². The molecule has 1 fully saturated rings. The Balaban J connectivity index is 1.80. The molecule has 0 amide bonds. The Bertz CT molecular complexity index is 485. The molecule has 1 N–H and O–H groups in total. The molecule has 1 saturated heterocycles. The van der Waals surface area contributed by atoms with Crippen molar-refractivity contribution < 1.29 is 9.47 Å². The molecule has 0 aromatic heterocycles. The first kappa shape index (κ1) is 16.6. The molecule has 0 saturated carbocycles. The zero-order valence-corrected chi connectivity index (χ0v) is 13.8. The van der Waals surface area contributed by atoms with E-state index in [0.717, 1.165) is 50.9 Å². The maximum atomic E-state index is 5.44. The molecular weight excluding hydrogens is 278 g/mol. The average Bonchev–Trinajstić information content (AvgIpc) is 3.04. The first-order chi connectivity index (χ1) is 10.7. The van der Waals surface area contributed by atoms with Crippen LogP contribution in [0.4, 0.5) is 0 Å². The highest BCUT2D eigenvalue weighted by Gasteiger charge is 2.18. The molecule has 1 aliphatic heterocycles. The highest BCUT2D eigenvalue weighted by Crippen LogP contribution is 2.17. The molecular formula is C17H27N3O2. The first-order valence-corrected chi connectivity index (χ1v) is 7.86. The summed E-state index contributed by atoms with van der Waals surface area (Å²) in [5.41, 5.74) is 1.21. The van der Waals surface area contributed by atoms with E-state index in [-0.39, 0.29) is 0 Å². The lowest BCUT2D eigenvalue weighted by atomic mass is 10.1. The third-order valence-corrected chi connectivity index (χ3v) is 4.00. The van der Waals surface area contributed by atoms with Crippen LogP contribution < -0.4 is 10.1 Å². The van der Waals surface area contributed by atoms with Crippen LogP contribution in [0.3, 0.4) is 0 Å². The molecule has 5 heteroatoms. The fourth-order valence-corrected chi connectivity index (χ4v) is 2.80. The van der Waals surface area contributed by atoms with Gasteiger partial charge in [0.2, 0.25) is 0 Å². The molecule has 1 atom stereocenters. The van der Waals surface area contributed by atoms with Crippen molar-refractivity contribution in [2.24, 2.45) is 10.9 Å². The van der Waals surface area contributed by atoms with Crippen LogP contribution >= 0.6 is 0 Å². The predicted octanol–water partition coefficient (Wildman–Crippen LogP) is 1.78. The lowest BCUT2D eigenvalue weighted by Gasteiger charge is -2.24. The van der Waals surface area contributed by atoms with E-state index in [2.05, 4.69) is 28.3 Å². The second-order valence-electron chi connectivity index (χ2n) is 5.65. The van der Waals surface area contributed by atoms with Crippen molar-refractivity contribution in [3.05, 3.63) is 29.8 Å². The minimum atomic E-state index is 0.609. The van der Waals surface area contributed by atoms with Crippen molar-refractivity contribution in [1.29, 1.82) is 0 Å². The number of hydrogen-bond acceptors (Lipinski definition) is 3. The van der Waals surface area contributed by atoms with Crippen LogP contribution in [-0.4, -0.2) is 58.4 Å². The van der Waals surface area contributed by atoms with Crippen molar-refractivity contribution in [2.45, 2.75) is 12.8 Å². The summed E-state index contributed by atoms with van der Waals surface area (Å²) in [5.74, 6) is 2.48. The summed E-state index contributed by atoms with van der Waals surface area (Å²) in [6.07, 6.45) is 2.05. The van der Waals surface area contributed by atoms with Gasteiger partial charge in [-0.1, -0.05) is 18.2 Å². The van der Waals surface area contributed by atoms with Gasteiger partial charge < -0.3 is 19.7 Å². The summed E-state index contributed by atoms with van der Waals surface area (Å²) < 4.78 is 10.8. The summed E-state index contributed by atoms with van der Waals surface area (Å²) in [6.45, 7) is 3.56. The van der Waals surface area contributed by atoms with Crippen LogP contribution in [0.1, 0.15) is 12.0 Å². The second-order valence-corrected chi connectivity index (χ2v) is 5.65. The Morgan fingerprint density at radius 3 is 2.95 bits per heavy atom. The van der Waals surface area contributed by atoms with E-state index in [1.54, 1.807) is 7.11 Å². The summed E-state index contributed by atoms with van der Waals surface area (Å²) >= 11 is 0. The first-order valence-electron chi connectivity index (χ1n) is 7.86. The van der Waals surface area contributed by atoms with Gasteiger partial charge in [0.25, 0.3) is 0 Å². The number of ether oxygens (including phenoxy) is 2. The standard InChI is InChI=1S/C17H27N3O2/c1-18-17(20(2)12-14-9-11-22-13-14)19-10-8-15-6-4-5-7-16(15)21-3/h4-7,14H,8-13H2,1-3H3,(H,18,19). The van der Waals surface area contributed by atoms with Crippen LogP contribution in [-0.2, 0) is 11.2 Å². The number of methoxy groups -OCH3 is 1. The topological polar surface area (TPSA) is 46.1 Å². The number of aliphatic imine (C=N–C) groups is 1. The van der Waals surface area contributed by atoms with Gasteiger partial charge in [0.05, 0.1) is 13.7 Å². The van der Waals surface area contributed by atoms with Gasteiger partial charge in [-0.3, -0.25) is 4.99 Å². The number of hydrogen-bond donors (Lipinski definition) is 1. The largest absolute Gasteiger partial charge is 0.496 e. The molecule has 0 radical (unpaired) electrons. The molecule has 1 aliphatic rings. The monoisotopic (exact) mass is 305 g/mol. The van der Waals surface area contributed by atoms with Crippen molar-refractivity contribution in [2.75, 3.05) is 47.5 Å². The minimum Gasteiger partial charge on any atom is -0.496 e. The molecule has 1 heterocycles. The van der Waals surface area contributed by atoms with Gasteiger partial charge in [-0.15, -0.1) is 0 Å². The molecule has 122 valence electrons. The lowest BCUT2D eigenvalue weighted by molar-refractivity contribution is 0.181. The Morgan fingerprint density at radius 1 is 1.45 bits per heavy atom. The van der Waals surface area contributed by atoms with Gasteiger partial charge in [-0.05, 0) is 24.5 Å². The van der Waals surface area contributed by atoms with E-state index < -0.39 is 0 Å². The Labute approximate surface area is 133 Å².